The van der Waals surface area contributed by atoms with Crippen LogP contribution in [0.15, 0.2) is 23.4 Å². The zero-order valence-electron chi connectivity index (χ0n) is 9.68. The summed E-state index contributed by atoms with van der Waals surface area (Å²) in [5.74, 6) is 0.556. The van der Waals surface area contributed by atoms with Gasteiger partial charge in [-0.15, -0.1) is 0 Å². The Morgan fingerprint density at radius 3 is 2.88 bits per heavy atom. The molecule has 5 N–H and O–H groups in total. The van der Waals surface area contributed by atoms with Crippen LogP contribution in [0.2, 0.25) is 0 Å². The summed E-state index contributed by atoms with van der Waals surface area (Å²) in [6.07, 6.45) is 0. The maximum absolute atomic E-state index is 8.65. The van der Waals surface area contributed by atoms with Gasteiger partial charge in [0.2, 0.25) is 0 Å². The standard InChI is InChI=1S/C11H17N3O3/c1-17-10-6-8(7-13-4-5-15)2-3-9(10)11(12)14-16/h2-3,6,13,15-16H,4-5,7H2,1H3,(H2,12,14). The Labute approximate surface area is 99.7 Å². The molecule has 0 aliphatic carbocycles. The fourth-order valence-electron chi connectivity index (χ4n) is 1.42. The Morgan fingerprint density at radius 2 is 2.29 bits per heavy atom. The fraction of sp³-hybridized carbons (Fsp3) is 0.364. The predicted molar refractivity (Wildman–Crippen MR) is 64.3 cm³/mol. The van der Waals surface area contributed by atoms with Crippen LogP contribution in [0.4, 0.5) is 0 Å². The van der Waals surface area contributed by atoms with Crippen LogP contribution in [0.3, 0.4) is 0 Å². The normalized spacial score (nSPS) is 11.5. The number of ether oxygens (including phenoxy) is 1. The van der Waals surface area contributed by atoms with E-state index in [0.717, 1.165) is 5.56 Å². The van der Waals surface area contributed by atoms with Gasteiger partial charge in [0.25, 0.3) is 0 Å². The van der Waals surface area contributed by atoms with Gasteiger partial charge in [0, 0.05) is 13.1 Å². The van der Waals surface area contributed by atoms with E-state index in [1.807, 2.05) is 6.07 Å². The van der Waals surface area contributed by atoms with Crippen LogP contribution in [-0.2, 0) is 6.54 Å². The third-order valence-corrected chi connectivity index (χ3v) is 2.27. The van der Waals surface area contributed by atoms with Crippen molar-refractivity contribution >= 4 is 5.84 Å². The minimum absolute atomic E-state index is 0.0108. The van der Waals surface area contributed by atoms with E-state index in [0.29, 0.717) is 24.4 Å². The number of nitrogens with zero attached hydrogens (tertiary/aromatic N) is 1. The Hall–Kier alpha value is -1.79. The number of nitrogens with one attached hydrogen (secondary N) is 1. The maximum Gasteiger partial charge on any atom is 0.173 e. The summed E-state index contributed by atoms with van der Waals surface area (Å²) in [5.41, 5.74) is 7.05. The van der Waals surface area contributed by atoms with Gasteiger partial charge < -0.3 is 26.1 Å². The van der Waals surface area contributed by atoms with Crippen molar-refractivity contribution in [3.8, 4) is 5.75 Å². The molecule has 0 radical (unpaired) electrons. The second-order valence-corrected chi connectivity index (χ2v) is 3.42. The summed E-state index contributed by atoms with van der Waals surface area (Å²) in [6, 6.07) is 5.38. The number of aliphatic hydroxyl groups excluding tert-OH is 1. The number of hydrogen-bond donors (Lipinski definition) is 4. The lowest BCUT2D eigenvalue weighted by atomic mass is 10.1. The van der Waals surface area contributed by atoms with Crippen LogP contribution >= 0.6 is 0 Å². The van der Waals surface area contributed by atoms with E-state index in [1.165, 1.54) is 7.11 Å². The highest BCUT2D eigenvalue weighted by atomic mass is 16.5. The molecule has 0 aliphatic heterocycles. The average Bonchev–Trinajstić information content (AvgIpc) is 2.38. The first-order valence-electron chi connectivity index (χ1n) is 5.19. The molecule has 0 saturated heterocycles. The van der Waals surface area contributed by atoms with Gasteiger partial charge in [0.1, 0.15) is 5.75 Å². The zero-order chi connectivity index (χ0) is 12.7. The van der Waals surface area contributed by atoms with Crippen LogP contribution < -0.4 is 15.8 Å². The lowest BCUT2D eigenvalue weighted by Gasteiger charge is -2.10. The van der Waals surface area contributed by atoms with Crippen molar-refractivity contribution in [3.05, 3.63) is 29.3 Å². The van der Waals surface area contributed by atoms with Crippen molar-refractivity contribution in [1.29, 1.82) is 0 Å². The van der Waals surface area contributed by atoms with Crippen LogP contribution in [0.1, 0.15) is 11.1 Å². The average molecular weight is 239 g/mol. The van der Waals surface area contributed by atoms with Gasteiger partial charge in [0.15, 0.2) is 5.84 Å². The Balaban J connectivity index is 2.85. The summed E-state index contributed by atoms with van der Waals surface area (Å²) < 4.78 is 5.17. The number of nitrogens with two attached hydrogens (primary N) is 1. The molecule has 17 heavy (non-hydrogen) atoms. The maximum atomic E-state index is 8.65. The summed E-state index contributed by atoms with van der Waals surface area (Å²) >= 11 is 0. The van der Waals surface area contributed by atoms with Gasteiger partial charge in [-0.2, -0.15) is 0 Å². The van der Waals surface area contributed by atoms with Crippen LogP contribution in [-0.4, -0.2) is 36.4 Å². The molecular formula is C11H17N3O3. The third-order valence-electron chi connectivity index (χ3n) is 2.27. The third kappa shape index (κ3) is 3.61. The van der Waals surface area contributed by atoms with Crippen LogP contribution in [0.5, 0.6) is 5.75 Å². The van der Waals surface area contributed by atoms with E-state index in [-0.39, 0.29) is 12.4 Å². The van der Waals surface area contributed by atoms with Gasteiger partial charge in [0.05, 0.1) is 19.3 Å². The molecule has 0 heterocycles. The molecule has 0 aromatic heterocycles. The number of aliphatic hydroxyl groups is 1. The van der Waals surface area contributed by atoms with E-state index in [9.17, 15) is 0 Å². The highest BCUT2D eigenvalue weighted by Crippen LogP contribution is 2.19. The van der Waals surface area contributed by atoms with Crippen molar-refractivity contribution in [2.45, 2.75) is 6.54 Å². The SMILES string of the molecule is COc1cc(CNCCO)ccc1/C(N)=N/O. The second-order valence-electron chi connectivity index (χ2n) is 3.42. The fourth-order valence-corrected chi connectivity index (χ4v) is 1.42. The topological polar surface area (TPSA) is 100 Å². The van der Waals surface area contributed by atoms with Crippen molar-refractivity contribution in [1.82, 2.24) is 5.32 Å². The number of amidine groups is 1. The zero-order valence-corrected chi connectivity index (χ0v) is 9.68. The Kier molecular flexibility index (Phi) is 5.25. The molecule has 0 aliphatic rings. The van der Waals surface area contributed by atoms with Crippen molar-refractivity contribution < 1.29 is 15.1 Å². The first kappa shape index (κ1) is 13.3. The van der Waals surface area contributed by atoms with Gasteiger partial charge in [-0.25, -0.2) is 0 Å². The highest BCUT2D eigenvalue weighted by molar-refractivity contribution is 5.99. The molecule has 6 nitrogen and oxygen atoms in total. The first-order valence-corrected chi connectivity index (χ1v) is 5.19. The molecule has 0 unspecified atom stereocenters. The number of hydrogen-bond acceptors (Lipinski definition) is 5. The number of rotatable bonds is 6. The van der Waals surface area contributed by atoms with Gasteiger partial charge >= 0.3 is 0 Å². The Morgan fingerprint density at radius 1 is 1.53 bits per heavy atom. The van der Waals surface area contributed by atoms with Gasteiger partial charge in [-0.1, -0.05) is 11.2 Å². The molecule has 94 valence electrons. The first-order chi connectivity index (χ1) is 8.22. The predicted octanol–water partition coefficient (Wildman–Crippen LogP) is -0.128. The van der Waals surface area contributed by atoms with E-state index in [4.69, 9.17) is 20.8 Å². The summed E-state index contributed by atoms with van der Waals surface area (Å²) in [6.45, 7) is 1.25. The number of benzene rings is 1. The lowest BCUT2D eigenvalue weighted by molar-refractivity contribution is 0.292. The van der Waals surface area contributed by atoms with Gasteiger partial charge in [-0.05, 0) is 17.7 Å². The monoisotopic (exact) mass is 239 g/mol. The van der Waals surface area contributed by atoms with Gasteiger partial charge in [-0.3, -0.25) is 0 Å². The van der Waals surface area contributed by atoms with E-state index < -0.39 is 0 Å². The second kappa shape index (κ2) is 6.72. The molecule has 0 atom stereocenters. The molecule has 1 aromatic carbocycles. The van der Waals surface area contributed by atoms with Crippen molar-refractivity contribution in [2.75, 3.05) is 20.3 Å². The Bertz CT molecular complexity index is 394. The lowest BCUT2D eigenvalue weighted by Crippen LogP contribution is -2.18. The van der Waals surface area contributed by atoms with Crippen LogP contribution in [0.25, 0.3) is 0 Å². The molecular weight excluding hydrogens is 222 g/mol. The molecule has 1 rings (SSSR count). The van der Waals surface area contributed by atoms with E-state index >= 15 is 0 Å². The minimum atomic E-state index is 0.0108. The quantitative estimate of drug-likeness (QED) is 0.182. The summed E-state index contributed by atoms with van der Waals surface area (Å²) in [7, 11) is 1.52. The highest BCUT2D eigenvalue weighted by Gasteiger charge is 2.08. The molecule has 0 amide bonds. The van der Waals surface area contributed by atoms with Crippen molar-refractivity contribution in [3.63, 3.8) is 0 Å². The molecule has 0 fully saturated rings. The molecule has 6 heteroatoms. The smallest absolute Gasteiger partial charge is 0.173 e. The van der Waals surface area contributed by atoms with Crippen LogP contribution in [0, 0.1) is 0 Å². The number of methoxy groups -OCH3 is 1. The summed E-state index contributed by atoms with van der Waals surface area (Å²) in [5, 5.41) is 23.3. The molecule has 0 spiro atoms. The molecule has 0 bridgehead atoms. The van der Waals surface area contributed by atoms with E-state index in [1.54, 1.807) is 12.1 Å². The number of oxime groups is 1. The summed E-state index contributed by atoms with van der Waals surface area (Å²) in [4.78, 5) is 0. The van der Waals surface area contributed by atoms with E-state index in [2.05, 4.69) is 10.5 Å². The van der Waals surface area contributed by atoms with Crippen molar-refractivity contribution in [2.24, 2.45) is 10.9 Å². The largest absolute Gasteiger partial charge is 0.496 e. The minimum Gasteiger partial charge on any atom is -0.496 e. The molecule has 1 aromatic rings. The molecule has 0 saturated carbocycles.